The van der Waals surface area contributed by atoms with Gasteiger partial charge < -0.3 is 4.74 Å². The number of carbonyl (C=O) groups is 1. The Labute approximate surface area is 81.4 Å². The highest BCUT2D eigenvalue weighted by molar-refractivity contribution is 5.82. The van der Waals surface area contributed by atoms with Crippen molar-refractivity contribution in [2.24, 2.45) is 7.05 Å². The molecule has 0 aliphatic heterocycles. The molecule has 7 heteroatoms. The number of hydrogen-bond donors (Lipinski definition) is 1. The zero-order valence-electron chi connectivity index (χ0n) is 8.61. The van der Waals surface area contributed by atoms with Crippen LogP contribution in [0.1, 0.15) is 20.8 Å². The summed E-state index contributed by atoms with van der Waals surface area (Å²) in [6.07, 6.45) is -0.574. The Hall–Kier alpha value is -1.66. The topological polar surface area (TPSA) is 81.9 Å². The number of nitrogens with one attached hydrogen (secondary N) is 1. The molecule has 0 aliphatic rings. The van der Waals surface area contributed by atoms with Crippen LogP contribution in [0.2, 0.25) is 0 Å². The van der Waals surface area contributed by atoms with Crippen LogP contribution in [0.15, 0.2) is 0 Å². The van der Waals surface area contributed by atoms with E-state index in [1.165, 1.54) is 4.68 Å². The van der Waals surface area contributed by atoms with Crippen molar-refractivity contribution >= 4 is 12.0 Å². The predicted molar refractivity (Wildman–Crippen MR) is 48.7 cm³/mol. The quantitative estimate of drug-likeness (QED) is 0.714. The highest BCUT2D eigenvalue weighted by Crippen LogP contribution is 2.08. The Morgan fingerprint density at radius 2 is 2.14 bits per heavy atom. The van der Waals surface area contributed by atoms with Gasteiger partial charge in [-0.2, -0.15) is 0 Å². The summed E-state index contributed by atoms with van der Waals surface area (Å²) in [5, 5.41) is 12.9. The monoisotopic (exact) mass is 199 g/mol. The van der Waals surface area contributed by atoms with E-state index in [9.17, 15) is 4.79 Å². The van der Waals surface area contributed by atoms with Crippen molar-refractivity contribution in [3.63, 3.8) is 0 Å². The summed E-state index contributed by atoms with van der Waals surface area (Å²) in [5.74, 6) is 0.249. The lowest BCUT2D eigenvalue weighted by Crippen LogP contribution is -2.28. The molecule has 0 atom stereocenters. The minimum atomic E-state index is -0.574. The number of carbonyl (C=O) groups excluding carboxylic acids is 1. The maximum Gasteiger partial charge on any atom is 0.414 e. The minimum absolute atomic E-state index is 0.249. The molecule has 0 bridgehead atoms. The van der Waals surface area contributed by atoms with Crippen LogP contribution in [0, 0.1) is 0 Å². The van der Waals surface area contributed by atoms with E-state index in [0.29, 0.717) is 0 Å². The second-order valence-electron chi connectivity index (χ2n) is 3.75. The molecule has 0 spiro atoms. The Bertz CT molecular complexity index is 327. The molecule has 1 aromatic rings. The van der Waals surface area contributed by atoms with E-state index in [0.717, 1.165) is 0 Å². The molecule has 1 rings (SSSR count). The van der Waals surface area contributed by atoms with Crippen LogP contribution < -0.4 is 5.32 Å². The lowest BCUT2D eigenvalue weighted by atomic mass is 10.2. The fourth-order valence-electron chi connectivity index (χ4n) is 0.730. The van der Waals surface area contributed by atoms with Gasteiger partial charge in [0.15, 0.2) is 0 Å². The van der Waals surface area contributed by atoms with Crippen molar-refractivity contribution in [3.8, 4) is 0 Å². The third-order valence-corrected chi connectivity index (χ3v) is 1.23. The zero-order chi connectivity index (χ0) is 10.8. The van der Waals surface area contributed by atoms with Gasteiger partial charge in [0, 0.05) is 7.05 Å². The lowest BCUT2D eigenvalue weighted by molar-refractivity contribution is 0.0634. The summed E-state index contributed by atoms with van der Waals surface area (Å²) in [6.45, 7) is 5.34. The van der Waals surface area contributed by atoms with Gasteiger partial charge in [0.1, 0.15) is 5.60 Å². The molecule has 14 heavy (non-hydrogen) atoms. The predicted octanol–water partition coefficient (Wildman–Crippen LogP) is 0.557. The van der Waals surface area contributed by atoms with Gasteiger partial charge in [0.25, 0.3) is 5.95 Å². The van der Waals surface area contributed by atoms with Crippen LogP contribution in [0.5, 0.6) is 0 Å². The van der Waals surface area contributed by atoms with E-state index >= 15 is 0 Å². The van der Waals surface area contributed by atoms with Crippen LogP contribution >= 0.6 is 0 Å². The second kappa shape index (κ2) is 3.60. The van der Waals surface area contributed by atoms with Gasteiger partial charge in [-0.25, -0.2) is 9.48 Å². The van der Waals surface area contributed by atoms with E-state index in [1.54, 1.807) is 27.8 Å². The van der Waals surface area contributed by atoms with Crippen molar-refractivity contribution in [2.75, 3.05) is 5.32 Å². The van der Waals surface area contributed by atoms with Crippen molar-refractivity contribution in [3.05, 3.63) is 0 Å². The average Bonchev–Trinajstić information content (AvgIpc) is 2.32. The fourth-order valence-corrected chi connectivity index (χ4v) is 0.730. The molecule has 0 radical (unpaired) electrons. The third kappa shape index (κ3) is 3.00. The first kappa shape index (κ1) is 10.4. The van der Waals surface area contributed by atoms with Crippen molar-refractivity contribution < 1.29 is 9.53 Å². The number of hydrogen-bond acceptors (Lipinski definition) is 5. The zero-order valence-corrected chi connectivity index (χ0v) is 8.61. The summed E-state index contributed by atoms with van der Waals surface area (Å²) < 4.78 is 6.34. The van der Waals surface area contributed by atoms with E-state index in [-0.39, 0.29) is 5.95 Å². The van der Waals surface area contributed by atoms with Crippen LogP contribution in [0.25, 0.3) is 0 Å². The normalized spacial score (nSPS) is 11.1. The van der Waals surface area contributed by atoms with Gasteiger partial charge in [0.2, 0.25) is 0 Å². The minimum Gasteiger partial charge on any atom is -0.444 e. The number of nitrogens with zero attached hydrogens (tertiary/aromatic N) is 4. The summed E-state index contributed by atoms with van der Waals surface area (Å²) in [5.41, 5.74) is -0.532. The highest BCUT2D eigenvalue weighted by atomic mass is 16.6. The Morgan fingerprint density at radius 1 is 1.50 bits per heavy atom. The molecule has 0 saturated carbocycles. The first-order valence-electron chi connectivity index (χ1n) is 4.11. The number of amides is 1. The van der Waals surface area contributed by atoms with E-state index in [2.05, 4.69) is 20.8 Å². The maximum absolute atomic E-state index is 11.2. The summed E-state index contributed by atoms with van der Waals surface area (Å²) in [4.78, 5) is 11.2. The second-order valence-corrected chi connectivity index (χ2v) is 3.75. The molecule has 1 amide bonds. The Morgan fingerprint density at radius 3 is 2.57 bits per heavy atom. The first-order chi connectivity index (χ1) is 6.38. The number of tetrazole rings is 1. The van der Waals surface area contributed by atoms with E-state index < -0.39 is 11.7 Å². The molecular weight excluding hydrogens is 186 g/mol. The summed E-state index contributed by atoms with van der Waals surface area (Å²) >= 11 is 0. The van der Waals surface area contributed by atoms with Crippen LogP contribution in [0.4, 0.5) is 10.7 Å². The molecule has 0 fully saturated rings. The number of anilines is 1. The van der Waals surface area contributed by atoms with Crippen molar-refractivity contribution in [1.82, 2.24) is 20.2 Å². The van der Waals surface area contributed by atoms with Gasteiger partial charge >= 0.3 is 6.09 Å². The number of aromatic nitrogens is 4. The van der Waals surface area contributed by atoms with E-state index in [1.807, 2.05) is 0 Å². The fraction of sp³-hybridized carbons (Fsp3) is 0.714. The number of aryl methyl sites for hydroxylation is 1. The standard InChI is InChI=1S/C7H13N5O2/c1-7(2,3)14-6(13)8-5-9-10-11-12(5)4/h1-4H3,(H,8,9,11,13). The molecule has 0 aromatic carbocycles. The molecule has 0 unspecified atom stereocenters. The van der Waals surface area contributed by atoms with E-state index in [4.69, 9.17) is 4.74 Å². The molecule has 1 heterocycles. The summed E-state index contributed by atoms with van der Waals surface area (Å²) in [6, 6.07) is 0. The van der Waals surface area contributed by atoms with Gasteiger partial charge in [-0.15, -0.1) is 0 Å². The third-order valence-electron chi connectivity index (χ3n) is 1.23. The number of ether oxygens (including phenoxy) is 1. The van der Waals surface area contributed by atoms with Gasteiger partial charge in [-0.3, -0.25) is 5.32 Å². The van der Waals surface area contributed by atoms with Gasteiger partial charge in [-0.05, 0) is 31.2 Å². The van der Waals surface area contributed by atoms with Crippen LogP contribution in [-0.2, 0) is 11.8 Å². The lowest BCUT2D eigenvalue weighted by Gasteiger charge is -2.18. The Kier molecular flexibility index (Phi) is 2.68. The summed E-state index contributed by atoms with van der Waals surface area (Å²) in [7, 11) is 1.62. The average molecular weight is 199 g/mol. The first-order valence-corrected chi connectivity index (χ1v) is 4.11. The van der Waals surface area contributed by atoms with Gasteiger partial charge in [-0.1, -0.05) is 5.10 Å². The van der Waals surface area contributed by atoms with Crippen molar-refractivity contribution in [1.29, 1.82) is 0 Å². The highest BCUT2D eigenvalue weighted by Gasteiger charge is 2.17. The molecule has 0 saturated heterocycles. The largest absolute Gasteiger partial charge is 0.444 e. The molecule has 1 N–H and O–H groups in total. The van der Waals surface area contributed by atoms with Crippen LogP contribution in [0.3, 0.4) is 0 Å². The SMILES string of the molecule is Cn1nnnc1NC(=O)OC(C)(C)C. The number of rotatable bonds is 1. The molecule has 78 valence electrons. The molecule has 0 aliphatic carbocycles. The van der Waals surface area contributed by atoms with Crippen molar-refractivity contribution in [2.45, 2.75) is 26.4 Å². The molecule has 1 aromatic heterocycles. The molecular formula is C7H13N5O2. The maximum atomic E-state index is 11.2. The molecule has 7 nitrogen and oxygen atoms in total. The Balaban J connectivity index is 2.54. The van der Waals surface area contributed by atoms with Gasteiger partial charge in [0.05, 0.1) is 0 Å². The smallest absolute Gasteiger partial charge is 0.414 e. The van der Waals surface area contributed by atoms with Crippen LogP contribution in [-0.4, -0.2) is 31.9 Å².